The predicted molar refractivity (Wildman–Crippen MR) is 76.5 cm³/mol. The fourth-order valence-electron chi connectivity index (χ4n) is 1.43. The molecule has 0 aliphatic rings. The van der Waals surface area contributed by atoms with Gasteiger partial charge >= 0.3 is 0 Å². The van der Waals surface area contributed by atoms with Crippen LogP contribution in [0.4, 0.5) is 11.5 Å². The molecule has 19 heavy (non-hydrogen) atoms. The third-order valence-electron chi connectivity index (χ3n) is 2.35. The highest BCUT2D eigenvalue weighted by atomic mass is 35.5. The Morgan fingerprint density at radius 3 is 2.63 bits per heavy atom. The molecule has 4 N–H and O–H groups in total. The lowest BCUT2D eigenvalue weighted by molar-refractivity contribution is 0.102. The van der Waals surface area contributed by atoms with Gasteiger partial charge in [-0.15, -0.1) is 0 Å². The van der Waals surface area contributed by atoms with Crippen molar-refractivity contribution in [1.82, 2.24) is 4.98 Å². The predicted octanol–water partition coefficient (Wildman–Crippen LogP) is 2.93. The summed E-state index contributed by atoms with van der Waals surface area (Å²) < 4.78 is 0. The fourth-order valence-corrected chi connectivity index (χ4v) is 1.73. The Kier molecular flexibility index (Phi) is 4.21. The molecule has 0 spiro atoms. The van der Waals surface area contributed by atoms with Crippen molar-refractivity contribution in [2.45, 2.75) is 0 Å². The molecule has 5 nitrogen and oxygen atoms in total. The quantitative estimate of drug-likeness (QED) is 0.601. The van der Waals surface area contributed by atoms with Gasteiger partial charge < -0.3 is 10.7 Å². The first-order chi connectivity index (χ1) is 9.10. The molecule has 0 fully saturated rings. The maximum Gasteiger partial charge on any atom is 0.255 e. The molecule has 0 bridgehead atoms. The average Bonchev–Trinajstić information content (AvgIpc) is 2.43. The number of hydrogen-bond donors (Lipinski definition) is 3. The van der Waals surface area contributed by atoms with Crippen molar-refractivity contribution in [3.8, 4) is 0 Å². The molecule has 7 heteroatoms. The number of benzene rings is 1. The van der Waals surface area contributed by atoms with Crippen LogP contribution in [0.3, 0.4) is 0 Å². The number of pyridine rings is 1. The van der Waals surface area contributed by atoms with Gasteiger partial charge in [-0.1, -0.05) is 23.2 Å². The van der Waals surface area contributed by atoms with E-state index in [2.05, 4.69) is 15.7 Å². The van der Waals surface area contributed by atoms with E-state index in [1.807, 2.05) is 0 Å². The van der Waals surface area contributed by atoms with Crippen LogP contribution in [0.2, 0.25) is 10.0 Å². The smallest absolute Gasteiger partial charge is 0.255 e. The van der Waals surface area contributed by atoms with Gasteiger partial charge in [-0.05, 0) is 30.3 Å². The molecule has 0 aliphatic heterocycles. The van der Waals surface area contributed by atoms with Gasteiger partial charge in [-0.2, -0.15) is 0 Å². The van der Waals surface area contributed by atoms with Crippen LogP contribution in [-0.4, -0.2) is 10.9 Å². The van der Waals surface area contributed by atoms with Gasteiger partial charge in [0, 0.05) is 17.4 Å². The SMILES string of the molecule is NNc1cc(C(=O)Nc2ccc(Cl)c(Cl)c2)ccn1. The summed E-state index contributed by atoms with van der Waals surface area (Å²) in [5.74, 6) is 5.34. The number of nitrogens with two attached hydrogens (primary N) is 1. The zero-order valence-electron chi connectivity index (χ0n) is 9.65. The Morgan fingerprint density at radius 2 is 1.95 bits per heavy atom. The van der Waals surface area contributed by atoms with Crippen LogP contribution in [0.5, 0.6) is 0 Å². The number of aromatic nitrogens is 1. The molecule has 0 saturated carbocycles. The molecule has 0 saturated heterocycles. The van der Waals surface area contributed by atoms with Crippen molar-refractivity contribution >= 4 is 40.6 Å². The minimum atomic E-state index is -0.294. The second-order valence-electron chi connectivity index (χ2n) is 3.66. The summed E-state index contributed by atoms with van der Waals surface area (Å²) in [6.45, 7) is 0. The number of rotatable bonds is 3. The topological polar surface area (TPSA) is 80.0 Å². The van der Waals surface area contributed by atoms with Gasteiger partial charge in [0.05, 0.1) is 10.0 Å². The summed E-state index contributed by atoms with van der Waals surface area (Å²) in [5, 5.41) is 3.50. The van der Waals surface area contributed by atoms with E-state index < -0.39 is 0 Å². The largest absolute Gasteiger partial charge is 0.322 e. The van der Waals surface area contributed by atoms with Crippen molar-refractivity contribution in [2.75, 3.05) is 10.7 Å². The van der Waals surface area contributed by atoms with Gasteiger partial charge in [-0.25, -0.2) is 10.8 Å². The standard InChI is InChI=1S/C12H10Cl2N4O/c13-9-2-1-8(6-10(9)14)17-12(19)7-3-4-16-11(5-7)18-15/h1-6H,15H2,(H,16,18)(H,17,19). The van der Waals surface area contributed by atoms with Crippen LogP contribution < -0.4 is 16.6 Å². The third kappa shape index (κ3) is 3.35. The van der Waals surface area contributed by atoms with Gasteiger partial charge in [0.15, 0.2) is 0 Å². The highest BCUT2D eigenvalue weighted by molar-refractivity contribution is 6.42. The minimum Gasteiger partial charge on any atom is -0.322 e. The summed E-state index contributed by atoms with van der Waals surface area (Å²) in [5.41, 5.74) is 3.35. The normalized spacial score (nSPS) is 10.1. The molecule has 1 aromatic heterocycles. The van der Waals surface area contributed by atoms with Gasteiger partial charge in [0.1, 0.15) is 5.82 Å². The van der Waals surface area contributed by atoms with Crippen molar-refractivity contribution in [3.05, 3.63) is 52.1 Å². The van der Waals surface area contributed by atoms with Crippen molar-refractivity contribution in [1.29, 1.82) is 0 Å². The number of nitrogens with one attached hydrogen (secondary N) is 2. The van der Waals surface area contributed by atoms with Crippen LogP contribution in [0, 0.1) is 0 Å². The molecule has 0 atom stereocenters. The molecule has 1 aromatic carbocycles. The number of nitrogen functional groups attached to an aromatic ring is 1. The Labute approximate surface area is 119 Å². The second kappa shape index (κ2) is 5.88. The first-order valence-corrected chi connectivity index (χ1v) is 6.05. The monoisotopic (exact) mass is 296 g/mol. The summed E-state index contributed by atoms with van der Waals surface area (Å²) in [4.78, 5) is 15.9. The van der Waals surface area contributed by atoms with E-state index >= 15 is 0 Å². The maximum atomic E-state index is 12.0. The average molecular weight is 297 g/mol. The number of hydrogen-bond acceptors (Lipinski definition) is 4. The van der Waals surface area contributed by atoms with E-state index in [4.69, 9.17) is 29.0 Å². The number of nitrogens with zero attached hydrogens (tertiary/aromatic N) is 1. The molecule has 1 heterocycles. The highest BCUT2D eigenvalue weighted by Crippen LogP contribution is 2.25. The third-order valence-corrected chi connectivity index (χ3v) is 3.09. The van der Waals surface area contributed by atoms with E-state index in [1.54, 1.807) is 24.3 Å². The van der Waals surface area contributed by atoms with E-state index in [9.17, 15) is 4.79 Å². The van der Waals surface area contributed by atoms with Gasteiger partial charge in [0.2, 0.25) is 0 Å². The van der Waals surface area contributed by atoms with E-state index in [0.717, 1.165) is 0 Å². The first kappa shape index (κ1) is 13.6. The number of halogens is 2. The Morgan fingerprint density at radius 1 is 1.16 bits per heavy atom. The molecule has 1 amide bonds. The van der Waals surface area contributed by atoms with Gasteiger partial charge in [0.25, 0.3) is 5.91 Å². The number of carbonyl (C=O) groups excluding carboxylic acids is 1. The Hall–Kier alpha value is -1.82. The van der Waals surface area contributed by atoms with E-state index in [0.29, 0.717) is 27.1 Å². The summed E-state index contributed by atoms with van der Waals surface area (Å²) in [6.07, 6.45) is 1.49. The summed E-state index contributed by atoms with van der Waals surface area (Å²) in [6, 6.07) is 7.96. The van der Waals surface area contributed by atoms with Crippen LogP contribution in [0.25, 0.3) is 0 Å². The molecule has 0 aliphatic carbocycles. The van der Waals surface area contributed by atoms with Crippen LogP contribution in [0.15, 0.2) is 36.5 Å². The lowest BCUT2D eigenvalue weighted by Crippen LogP contribution is -2.14. The molecule has 2 aromatic rings. The van der Waals surface area contributed by atoms with E-state index in [1.165, 1.54) is 12.3 Å². The Balaban J connectivity index is 2.18. The summed E-state index contributed by atoms with van der Waals surface area (Å²) >= 11 is 11.7. The van der Waals surface area contributed by atoms with Crippen LogP contribution in [-0.2, 0) is 0 Å². The van der Waals surface area contributed by atoms with E-state index in [-0.39, 0.29) is 5.91 Å². The highest BCUT2D eigenvalue weighted by Gasteiger charge is 2.08. The maximum absolute atomic E-state index is 12.0. The molecular weight excluding hydrogens is 287 g/mol. The van der Waals surface area contributed by atoms with Crippen molar-refractivity contribution in [3.63, 3.8) is 0 Å². The number of hydrazine groups is 1. The fraction of sp³-hybridized carbons (Fsp3) is 0. The molecule has 2 rings (SSSR count). The zero-order valence-corrected chi connectivity index (χ0v) is 11.2. The first-order valence-electron chi connectivity index (χ1n) is 5.29. The molecule has 98 valence electrons. The number of carbonyl (C=O) groups is 1. The summed E-state index contributed by atoms with van der Waals surface area (Å²) in [7, 11) is 0. The van der Waals surface area contributed by atoms with Crippen molar-refractivity contribution in [2.24, 2.45) is 5.84 Å². The van der Waals surface area contributed by atoms with Crippen LogP contribution in [0.1, 0.15) is 10.4 Å². The Bertz CT molecular complexity index is 618. The van der Waals surface area contributed by atoms with Crippen LogP contribution >= 0.6 is 23.2 Å². The lowest BCUT2D eigenvalue weighted by atomic mass is 10.2. The second-order valence-corrected chi connectivity index (χ2v) is 4.47. The number of anilines is 2. The number of amides is 1. The minimum absolute atomic E-state index is 0.294. The molecule has 0 radical (unpaired) electrons. The molecular formula is C12H10Cl2N4O. The molecule has 0 unspecified atom stereocenters. The van der Waals surface area contributed by atoms with Crippen molar-refractivity contribution < 1.29 is 4.79 Å². The zero-order chi connectivity index (χ0) is 13.8. The van der Waals surface area contributed by atoms with Gasteiger partial charge in [-0.3, -0.25) is 4.79 Å². The lowest BCUT2D eigenvalue weighted by Gasteiger charge is -2.07.